The molecular weight excluding hydrogens is 392 g/mol. The van der Waals surface area contributed by atoms with Gasteiger partial charge in [0.05, 0.1) is 18.2 Å². The van der Waals surface area contributed by atoms with Gasteiger partial charge in [-0.25, -0.2) is 0 Å². The second kappa shape index (κ2) is 7.89. The molecule has 3 aliphatic heterocycles. The van der Waals surface area contributed by atoms with Crippen LogP contribution in [0.25, 0.3) is 0 Å². The third-order valence-corrected chi connectivity index (χ3v) is 6.79. The molecule has 1 saturated heterocycles. The Morgan fingerprint density at radius 1 is 1.26 bits per heavy atom. The van der Waals surface area contributed by atoms with Crippen molar-refractivity contribution in [1.29, 1.82) is 5.26 Å². The lowest BCUT2D eigenvalue weighted by molar-refractivity contribution is -0.129. The van der Waals surface area contributed by atoms with E-state index >= 15 is 0 Å². The number of carbonyl (C=O) groups excluding carboxylic acids is 1. The van der Waals surface area contributed by atoms with Crippen LogP contribution in [0.4, 0.5) is 17.2 Å². The largest absolute Gasteiger partial charge is 0.398 e. The van der Waals surface area contributed by atoms with Crippen molar-refractivity contribution in [3.8, 4) is 6.07 Å². The first-order chi connectivity index (χ1) is 15.1. The maximum Gasteiger partial charge on any atom is 0.219 e. The summed E-state index contributed by atoms with van der Waals surface area (Å²) in [5.74, 6) is 1.01. The van der Waals surface area contributed by atoms with E-state index in [0.717, 1.165) is 81.0 Å². The lowest BCUT2D eigenvalue weighted by atomic mass is 9.97. The second-order valence-electron chi connectivity index (χ2n) is 8.66. The molecule has 162 valence electrons. The van der Waals surface area contributed by atoms with Crippen molar-refractivity contribution in [2.45, 2.75) is 51.6 Å². The van der Waals surface area contributed by atoms with Gasteiger partial charge in [-0.05, 0) is 43.4 Å². The topological polar surface area (TPSA) is 100 Å². The maximum absolute atomic E-state index is 12.1. The minimum absolute atomic E-state index is 0.0917. The number of nitrogens with two attached hydrogens (primary N) is 1. The first-order valence-electron chi connectivity index (χ1n) is 11.1. The fourth-order valence-corrected chi connectivity index (χ4v) is 5.11. The number of nitrogens with zero attached hydrogens (tertiary/aromatic N) is 5. The monoisotopic (exact) mass is 420 g/mol. The van der Waals surface area contributed by atoms with Gasteiger partial charge in [-0.3, -0.25) is 9.48 Å². The molecule has 4 heterocycles. The molecule has 0 atom stereocenters. The quantitative estimate of drug-likeness (QED) is 0.750. The van der Waals surface area contributed by atoms with Gasteiger partial charge in [-0.2, -0.15) is 10.4 Å². The van der Waals surface area contributed by atoms with Gasteiger partial charge in [0.15, 0.2) is 5.82 Å². The first kappa shape index (κ1) is 19.9. The number of nitriles is 1. The van der Waals surface area contributed by atoms with Crippen LogP contribution in [0, 0.1) is 11.3 Å². The number of aryl methyl sites for hydroxylation is 1. The number of ether oxygens (including phenoxy) is 1. The lowest BCUT2D eigenvalue weighted by Gasteiger charge is -2.33. The number of anilines is 3. The van der Waals surface area contributed by atoms with E-state index in [1.165, 1.54) is 5.69 Å². The Labute approximate surface area is 182 Å². The Hall–Kier alpha value is -3.05. The van der Waals surface area contributed by atoms with Crippen LogP contribution < -0.4 is 10.6 Å². The summed E-state index contributed by atoms with van der Waals surface area (Å²) < 4.78 is 7.78. The van der Waals surface area contributed by atoms with Gasteiger partial charge in [0.1, 0.15) is 6.07 Å². The molecule has 0 saturated carbocycles. The smallest absolute Gasteiger partial charge is 0.219 e. The Morgan fingerprint density at radius 2 is 2.06 bits per heavy atom. The SMILES string of the molecule is CC(=O)N1CCc2c(c(N3CCCc4cc(N)c(C#N)cc43)nn2C2CCOCC2)C1. The highest BCUT2D eigenvalue weighted by atomic mass is 16.5. The molecule has 31 heavy (non-hydrogen) atoms. The molecule has 0 unspecified atom stereocenters. The molecule has 3 aliphatic rings. The van der Waals surface area contributed by atoms with E-state index in [1.807, 2.05) is 17.0 Å². The number of aromatic nitrogens is 2. The molecule has 0 radical (unpaired) electrons. The lowest BCUT2D eigenvalue weighted by Crippen LogP contribution is -2.36. The molecule has 5 rings (SSSR count). The first-order valence-corrected chi connectivity index (χ1v) is 11.1. The van der Waals surface area contributed by atoms with Gasteiger partial charge in [-0.15, -0.1) is 0 Å². The Balaban J connectivity index is 1.62. The van der Waals surface area contributed by atoms with Crippen molar-refractivity contribution in [2.24, 2.45) is 0 Å². The molecule has 0 bridgehead atoms. The van der Waals surface area contributed by atoms with Crippen molar-refractivity contribution in [1.82, 2.24) is 14.7 Å². The maximum atomic E-state index is 12.1. The Bertz CT molecular complexity index is 1060. The molecule has 0 spiro atoms. The summed E-state index contributed by atoms with van der Waals surface area (Å²) in [6, 6.07) is 6.37. The van der Waals surface area contributed by atoms with Crippen LogP contribution in [-0.2, 0) is 28.9 Å². The van der Waals surface area contributed by atoms with Crippen molar-refractivity contribution >= 4 is 23.1 Å². The van der Waals surface area contributed by atoms with Gasteiger partial charge in [0.25, 0.3) is 0 Å². The third kappa shape index (κ3) is 3.43. The molecule has 1 aromatic carbocycles. The summed E-state index contributed by atoms with van der Waals surface area (Å²) in [6.45, 7) is 5.28. The summed E-state index contributed by atoms with van der Waals surface area (Å²) in [5.41, 5.74) is 11.6. The predicted octanol–water partition coefficient (Wildman–Crippen LogP) is 2.68. The van der Waals surface area contributed by atoms with Crippen LogP contribution in [0.5, 0.6) is 0 Å². The third-order valence-electron chi connectivity index (χ3n) is 6.79. The summed E-state index contributed by atoms with van der Waals surface area (Å²) in [6.07, 6.45) is 4.65. The average Bonchev–Trinajstić information content (AvgIpc) is 3.17. The molecular formula is C23H28N6O2. The van der Waals surface area contributed by atoms with Gasteiger partial charge in [-0.1, -0.05) is 0 Å². The standard InChI is InChI=1S/C23H28N6O2/c1-15(30)27-8-4-21-19(14-27)23(26-29(21)18-5-9-31-10-6-18)28-7-2-3-16-11-20(25)17(13-24)12-22(16)28/h11-12,18H,2-10,14,25H2,1H3. The number of carbonyl (C=O) groups is 1. The fourth-order valence-electron chi connectivity index (χ4n) is 5.11. The number of nitrogen functional groups attached to an aromatic ring is 1. The van der Waals surface area contributed by atoms with E-state index in [1.54, 1.807) is 6.92 Å². The zero-order valence-corrected chi connectivity index (χ0v) is 17.9. The molecule has 1 aromatic heterocycles. The van der Waals surface area contributed by atoms with Crippen molar-refractivity contribution in [3.05, 3.63) is 34.5 Å². The highest BCUT2D eigenvalue weighted by Gasteiger charge is 2.33. The summed E-state index contributed by atoms with van der Waals surface area (Å²) in [4.78, 5) is 16.3. The van der Waals surface area contributed by atoms with Crippen molar-refractivity contribution in [2.75, 3.05) is 36.9 Å². The van der Waals surface area contributed by atoms with Gasteiger partial charge in [0, 0.05) is 62.3 Å². The van der Waals surface area contributed by atoms with Crippen LogP contribution in [0.2, 0.25) is 0 Å². The number of amides is 1. The van der Waals surface area contributed by atoms with E-state index < -0.39 is 0 Å². The number of benzene rings is 1. The highest BCUT2D eigenvalue weighted by molar-refractivity contribution is 5.76. The Kier molecular flexibility index (Phi) is 5.06. The van der Waals surface area contributed by atoms with E-state index in [4.69, 9.17) is 15.6 Å². The fraction of sp³-hybridized carbons (Fsp3) is 0.522. The van der Waals surface area contributed by atoms with Crippen LogP contribution in [0.1, 0.15) is 54.6 Å². The van der Waals surface area contributed by atoms with Crippen LogP contribution >= 0.6 is 0 Å². The van der Waals surface area contributed by atoms with Gasteiger partial charge < -0.3 is 20.3 Å². The average molecular weight is 421 g/mol. The van der Waals surface area contributed by atoms with Crippen LogP contribution in [-0.4, -0.2) is 46.9 Å². The number of rotatable bonds is 2. The number of fused-ring (bicyclic) bond motifs is 2. The minimum atomic E-state index is 0.0917. The normalized spacial score (nSPS) is 19.0. The summed E-state index contributed by atoms with van der Waals surface area (Å²) in [5, 5.41) is 14.7. The van der Waals surface area contributed by atoms with Crippen LogP contribution in [0.3, 0.4) is 0 Å². The van der Waals surface area contributed by atoms with Crippen LogP contribution in [0.15, 0.2) is 12.1 Å². The van der Waals surface area contributed by atoms with Gasteiger partial charge in [0.2, 0.25) is 5.91 Å². The molecule has 8 nitrogen and oxygen atoms in total. The zero-order valence-electron chi connectivity index (χ0n) is 17.9. The number of hydrogen-bond acceptors (Lipinski definition) is 6. The van der Waals surface area contributed by atoms with Crippen molar-refractivity contribution in [3.63, 3.8) is 0 Å². The minimum Gasteiger partial charge on any atom is -0.398 e. The zero-order chi connectivity index (χ0) is 21.5. The highest BCUT2D eigenvalue weighted by Crippen LogP contribution is 2.40. The van der Waals surface area contributed by atoms with E-state index in [-0.39, 0.29) is 5.91 Å². The Morgan fingerprint density at radius 3 is 2.81 bits per heavy atom. The molecule has 1 amide bonds. The van der Waals surface area contributed by atoms with Gasteiger partial charge >= 0.3 is 0 Å². The molecule has 2 aromatic rings. The molecule has 2 N–H and O–H groups in total. The predicted molar refractivity (Wildman–Crippen MR) is 117 cm³/mol. The van der Waals surface area contributed by atoms with Crippen molar-refractivity contribution < 1.29 is 9.53 Å². The summed E-state index contributed by atoms with van der Waals surface area (Å²) >= 11 is 0. The van der Waals surface area contributed by atoms with E-state index in [0.29, 0.717) is 23.8 Å². The molecule has 8 heteroatoms. The number of hydrogen-bond donors (Lipinski definition) is 1. The second-order valence-corrected chi connectivity index (χ2v) is 8.66. The molecule has 0 aliphatic carbocycles. The molecule has 1 fully saturated rings. The van der Waals surface area contributed by atoms with E-state index in [9.17, 15) is 10.1 Å². The van der Waals surface area contributed by atoms with E-state index in [2.05, 4.69) is 15.7 Å². The summed E-state index contributed by atoms with van der Waals surface area (Å²) in [7, 11) is 0.